The van der Waals surface area contributed by atoms with E-state index in [4.69, 9.17) is 16.3 Å². The summed E-state index contributed by atoms with van der Waals surface area (Å²) in [6.07, 6.45) is 0. The Kier molecular flexibility index (Phi) is 5.27. The van der Waals surface area contributed by atoms with Gasteiger partial charge in [-0.2, -0.15) is 0 Å². The van der Waals surface area contributed by atoms with E-state index >= 15 is 0 Å². The molecule has 0 saturated heterocycles. The molecule has 4 nitrogen and oxygen atoms in total. The zero-order chi connectivity index (χ0) is 13.7. The number of aryl methyl sites for hydroxylation is 1. The minimum atomic E-state index is 0.696. The third-order valence-electron chi connectivity index (χ3n) is 2.63. The smallest absolute Gasteiger partial charge is 0.147 e. The SMILES string of the molecule is COCCNCc1nnc(-c2ccc(Cl)c(C)c2)s1. The fourth-order valence-electron chi connectivity index (χ4n) is 1.59. The Morgan fingerprint density at radius 3 is 2.95 bits per heavy atom. The first-order valence-corrected chi connectivity index (χ1v) is 7.18. The lowest BCUT2D eigenvalue weighted by molar-refractivity contribution is 0.199. The molecular formula is C13H16ClN3OS. The van der Waals surface area contributed by atoms with Crippen LogP contribution < -0.4 is 5.32 Å². The molecule has 0 saturated carbocycles. The fourth-order valence-corrected chi connectivity index (χ4v) is 2.51. The number of hydrogen-bond donors (Lipinski definition) is 1. The minimum Gasteiger partial charge on any atom is -0.383 e. The van der Waals surface area contributed by atoms with Crippen LogP contribution in [0.1, 0.15) is 10.6 Å². The predicted molar refractivity (Wildman–Crippen MR) is 78.7 cm³/mol. The maximum Gasteiger partial charge on any atom is 0.147 e. The van der Waals surface area contributed by atoms with Crippen LogP contribution in [0.5, 0.6) is 0 Å². The number of benzene rings is 1. The lowest BCUT2D eigenvalue weighted by Crippen LogP contribution is -2.18. The summed E-state index contributed by atoms with van der Waals surface area (Å²) in [5, 5.41) is 14.3. The van der Waals surface area contributed by atoms with E-state index in [1.54, 1.807) is 18.4 Å². The fraction of sp³-hybridized carbons (Fsp3) is 0.385. The van der Waals surface area contributed by atoms with Crippen molar-refractivity contribution < 1.29 is 4.74 Å². The highest BCUT2D eigenvalue weighted by atomic mass is 35.5. The molecule has 1 aromatic carbocycles. The lowest BCUT2D eigenvalue weighted by Gasteiger charge is -2.00. The monoisotopic (exact) mass is 297 g/mol. The number of rotatable bonds is 6. The van der Waals surface area contributed by atoms with Crippen LogP contribution in [0.15, 0.2) is 18.2 Å². The summed E-state index contributed by atoms with van der Waals surface area (Å²) in [6, 6.07) is 5.90. The van der Waals surface area contributed by atoms with E-state index in [-0.39, 0.29) is 0 Å². The number of methoxy groups -OCH3 is 1. The van der Waals surface area contributed by atoms with Gasteiger partial charge >= 0.3 is 0 Å². The van der Waals surface area contributed by atoms with Gasteiger partial charge in [0.25, 0.3) is 0 Å². The van der Waals surface area contributed by atoms with Gasteiger partial charge in [0.15, 0.2) is 0 Å². The van der Waals surface area contributed by atoms with Gasteiger partial charge in [-0.15, -0.1) is 10.2 Å². The van der Waals surface area contributed by atoms with Crippen LogP contribution in [-0.2, 0) is 11.3 Å². The topological polar surface area (TPSA) is 47.0 Å². The van der Waals surface area contributed by atoms with Crippen molar-refractivity contribution in [3.8, 4) is 10.6 Å². The number of ether oxygens (including phenoxy) is 1. The predicted octanol–water partition coefficient (Wildman–Crippen LogP) is 2.90. The van der Waals surface area contributed by atoms with Crippen LogP contribution in [0.2, 0.25) is 5.02 Å². The van der Waals surface area contributed by atoms with Gasteiger partial charge in [-0.1, -0.05) is 29.0 Å². The Morgan fingerprint density at radius 1 is 1.37 bits per heavy atom. The number of hydrogen-bond acceptors (Lipinski definition) is 5. The molecule has 0 unspecified atom stereocenters. The molecule has 1 aromatic heterocycles. The van der Waals surface area contributed by atoms with Crippen LogP contribution in [0.3, 0.4) is 0 Å². The standard InChI is InChI=1S/C13H16ClN3OS/c1-9-7-10(3-4-11(9)14)13-17-16-12(19-13)8-15-5-6-18-2/h3-4,7,15H,5-6,8H2,1-2H3. The first-order valence-electron chi connectivity index (χ1n) is 5.99. The average molecular weight is 298 g/mol. The van der Waals surface area contributed by atoms with Crippen molar-refractivity contribution in [1.82, 2.24) is 15.5 Å². The first-order chi connectivity index (χ1) is 9.20. The van der Waals surface area contributed by atoms with E-state index in [1.165, 1.54) is 0 Å². The summed E-state index contributed by atoms with van der Waals surface area (Å²) in [5.74, 6) is 0. The van der Waals surface area contributed by atoms with E-state index in [0.29, 0.717) is 13.2 Å². The molecule has 6 heteroatoms. The number of nitrogens with one attached hydrogen (secondary N) is 1. The van der Waals surface area contributed by atoms with E-state index in [1.807, 2.05) is 25.1 Å². The van der Waals surface area contributed by atoms with Gasteiger partial charge in [-0.05, 0) is 24.6 Å². The third kappa shape index (κ3) is 3.98. The quantitative estimate of drug-likeness (QED) is 0.833. The Hall–Kier alpha value is -1.01. The number of halogens is 1. The van der Waals surface area contributed by atoms with Gasteiger partial charge in [-0.25, -0.2) is 0 Å². The lowest BCUT2D eigenvalue weighted by atomic mass is 10.1. The molecule has 0 spiro atoms. The van der Waals surface area contributed by atoms with Gasteiger partial charge in [0.1, 0.15) is 10.0 Å². The number of aromatic nitrogens is 2. The van der Waals surface area contributed by atoms with Gasteiger partial charge in [-0.3, -0.25) is 0 Å². The second kappa shape index (κ2) is 6.96. The van der Waals surface area contributed by atoms with Crippen LogP contribution >= 0.6 is 22.9 Å². The first kappa shape index (κ1) is 14.4. The maximum absolute atomic E-state index is 6.02. The zero-order valence-electron chi connectivity index (χ0n) is 10.9. The van der Waals surface area contributed by atoms with E-state index in [2.05, 4.69) is 15.5 Å². The van der Waals surface area contributed by atoms with Crippen molar-refractivity contribution in [2.45, 2.75) is 13.5 Å². The third-order valence-corrected chi connectivity index (χ3v) is 4.03. The second-order valence-electron chi connectivity index (χ2n) is 4.13. The van der Waals surface area contributed by atoms with Crippen LogP contribution in [-0.4, -0.2) is 30.5 Å². The molecule has 19 heavy (non-hydrogen) atoms. The summed E-state index contributed by atoms with van der Waals surface area (Å²) in [4.78, 5) is 0. The van der Waals surface area contributed by atoms with Gasteiger partial charge < -0.3 is 10.1 Å². The molecule has 0 amide bonds. The minimum absolute atomic E-state index is 0.696. The molecule has 2 aromatic rings. The summed E-state index contributed by atoms with van der Waals surface area (Å²) in [6.45, 7) is 4.21. The highest BCUT2D eigenvalue weighted by molar-refractivity contribution is 7.14. The molecule has 0 bridgehead atoms. The summed E-state index contributed by atoms with van der Waals surface area (Å²) >= 11 is 7.61. The Morgan fingerprint density at radius 2 is 2.21 bits per heavy atom. The van der Waals surface area contributed by atoms with E-state index < -0.39 is 0 Å². The molecule has 0 atom stereocenters. The Labute approximate surface area is 121 Å². The van der Waals surface area contributed by atoms with Crippen molar-refractivity contribution in [3.05, 3.63) is 33.8 Å². The molecule has 0 aliphatic rings. The van der Waals surface area contributed by atoms with Gasteiger partial charge in [0, 0.05) is 30.8 Å². The van der Waals surface area contributed by atoms with Crippen LogP contribution in [0.4, 0.5) is 0 Å². The highest BCUT2D eigenvalue weighted by Gasteiger charge is 2.07. The largest absolute Gasteiger partial charge is 0.383 e. The van der Waals surface area contributed by atoms with Crippen LogP contribution in [0.25, 0.3) is 10.6 Å². The van der Waals surface area contributed by atoms with Crippen molar-refractivity contribution >= 4 is 22.9 Å². The summed E-state index contributed by atoms with van der Waals surface area (Å²) in [7, 11) is 1.69. The van der Waals surface area contributed by atoms with Crippen molar-refractivity contribution in [3.63, 3.8) is 0 Å². The summed E-state index contributed by atoms with van der Waals surface area (Å²) < 4.78 is 4.97. The van der Waals surface area contributed by atoms with E-state index in [0.717, 1.165) is 32.7 Å². The normalized spacial score (nSPS) is 10.9. The van der Waals surface area contributed by atoms with Crippen LogP contribution in [0, 0.1) is 6.92 Å². The average Bonchev–Trinajstić information content (AvgIpc) is 2.87. The second-order valence-corrected chi connectivity index (χ2v) is 5.60. The van der Waals surface area contributed by atoms with Gasteiger partial charge in [0.05, 0.1) is 6.61 Å². The zero-order valence-corrected chi connectivity index (χ0v) is 12.5. The Bertz CT molecular complexity index is 544. The van der Waals surface area contributed by atoms with Gasteiger partial charge in [0.2, 0.25) is 0 Å². The maximum atomic E-state index is 6.02. The molecule has 102 valence electrons. The molecule has 0 radical (unpaired) electrons. The molecule has 1 N–H and O–H groups in total. The molecule has 0 fully saturated rings. The van der Waals surface area contributed by atoms with E-state index in [9.17, 15) is 0 Å². The van der Waals surface area contributed by atoms with Crippen molar-refractivity contribution in [2.75, 3.05) is 20.3 Å². The Balaban J connectivity index is 2.01. The molecule has 0 aliphatic heterocycles. The molecular weight excluding hydrogens is 282 g/mol. The van der Waals surface area contributed by atoms with Crippen molar-refractivity contribution in [1.29, 1.82) is 0 Å². The molecule has 2 rings (SSSR count). The molecule has 0 aliphatic carbocycles. The molecule has 1 heterocycles. The highest BCUT2D eigenvalue weighted by Crippen LogP contribution is 2.27. The number of nitrogens with zero attached hydrogens (tertiary/aromatic N) is 2. The summed E-state index contributed by atoms with van der Waals surface area (Å²) in [5.41, 5.74) is 2.11. The van der Waals surface area contributed by atoms with Crippen molar-refractivity contribution in [2.24, 2.45) is 0 Å².